The molecule has 13 atom stereocenters. The molecular formula is C71H128N12O14S. The van der Waals surface area contributed by atoms with E-state index in [2.05, 4.69) is 26.2 Å². The second-order valence-electron chi connectivity index (χ2n) is 29.9. The Morgan fingerprint density at radius 3 is 1.53 bits per heavy atom. The molecule has 26 nitrogen and oxygen atoms in total. The number of hydrogen-bond donors (Lipinski definition) is 6. The van der Waals surface area contributed by atoms with Crippen molar-refractivity contribution in [3.05, 3.63) is 12.2 Å². The number of carbonyl (C=O) groups is 11. The molecule has 2 aliphatic heterocycles. The number of carbonyl (C=O) groups excluding carboxylic acids is 11. The van der Waals surface area contributed by atoms with Gasteiger partial charge in [-0.2, -0.15) is 11.8 Å². The lowest BCUT2D eigenvalue weighted by atomic mass is 9.91. The number of thioether (sulfide) groups is 1. The van der Waals surface area contributed by atoms with E-state index in [0.717, 1.165) is 35.9 Å². The van der Waals surface area contributed by atoms with Gasteiger partial charge in [0, 0.05) is 74.6 Å². The first kappa shape index (κ1) is 88.2. The van der Waals surface area contributed by atoms with Crippen LogP contribution in [0.2, 0.25) is 0 Å². The van der Waals surface area contributed by atoms with E-state index in [1.807, 2.05) is 47.6 Å². The normalized spacial score (nSPS) is 26.9. The van der Waals surface area contributed by atoms with Crippen LogP contribution in [0, 0.1) is 35.5 Å². The molecule has 0 aromatic carbocycles. The molecular weight excluding hydrogens is 1280 g/mol. The van der Waals surface area contributed by atoms with E-state index in [0.29, 0.717) is 25.4 Å². The van der Waals surface area contributed by atoms with Crippen molar-refractivity contribution in [1.29, 1.82) is 0 Å². The van der Waals surface area contributed by atoms with Crippen LogP contribution in [-0.4, -0.2) is 286 Å². The number of ether oxygens (including phenoxy) is 1. The average molecular weight is 1410 g/mol. The van der Waals surface area contributed by atoms with Gasteiger partial charge in [-0.05, 0) is 127 Å². The van der Waals surface area contributed by atoms with Crippen molar-refractivity contribution < 1.29 is 67.7 Å². The average Bonchev–Trinajstić information content (AvgIpc) is 0.804. The Morgan fingerprint density at radius 2 is 1.03 bits per heavy atom. The first-order valence-corrected chi connectivity index (χ1v) is 36.6. The number of hydrogen-bond acceptors (Lipinski definition) is 16. The molecule has 2 aliphatic rings. The Balaban J connectivity index is 3.12. The molecule has 0 aromatic heterocycles. The van der Waals surface area contributed by atoms with Gasteiger partial charge in [-0.15, -0.1) is 0 Å². The Hall–Kier alpha value is -5.90. The highest BCUT2D eigenvalue weighted by molar-refractivity contribution is 7.99. The van der Waals surface area contributed by atoms with Crippen LogP contribution in [0.25, 0.3) is 0 Å². The number of aliphatic hydroxyl groups is 2. The third-order valence-electron chi connectivity index (χ3n) is 18.8. The van der Waals surface area contributed by atoms with Gasteiger partial charge in [0.25, 0.3) is 0 Å². The van der Waals surface area contributed by atoms with Gasteiger partial charge in [-0.25, -0.2) is 0 Å². The predicted molar refractivity (Wildman–Crippen MR) is 383 cm³/mol. The second kappa shape index (κ2) is 41.1. The van der Waals surface area contributed by atoms with Gasteiger partial charge in [0.05, 0.1) is 24.9 Å². The van der Waals surface area contributed by atoms with E-state index < -0.39 is 161 Å². The number of likely N-dealkylation sites (N-methyl/N-ethyl adjacent to an activating group) is 7. The van der Waals surface area contributed by atoms with Gasteiger partial charge in [0.15, 0.2) is 0 Å². The number of allylic oxidation sites excluding steroid dienone is 2. The molecule has 0 spiro atoms. The van der Waals surface area contributed by atoms with Crippen molar-refractivity contribution in [2.24, 2.45) is 35.5 Å². The first-order valence-electron chi connectivity index (χ1n) is 35.5. The van der Waals surface area contributed by atoms with Crippen LogP contribution in [0.15, 0.2) is 12.2 Å². The summed E-state index contributed by atoms with van der Waals surface area (Å²) in [7, 11) is 9.92. The monoisotopic (exact) mass is 1400 g/mol. The molecule has 0 unspecified atom stereocenters. The molecule has 11 amide bonds. The summed E-state index contributed by atoms with van der Waals surface area (Å²) >= 11 is 1.41. The lowest BCUT2D eigenvalue weighted by Gasteiger charge is -2.41. The molecule has 0 bridgehead atoms. The zero-order valence-corrected chi connectivity index (χ0v) is 64.7. The minimum atomic E-state index is -1.66. The van der Waals surface area contributed by atoms with Crippen molar-refractivity contribution in [2.75, 3.05) is 93.7 Å². The molecule has 562 valence electrons. The fourth-order valence-electron chi connectivity index (χ4n) is 12.5. The number of morpholine rings is 1. The Morgan fingerprint density at radius 1 is 0.551 bits per heavy atom. The molecule has 2 fully saturated rings. The van der Waals surface area contributed by atoms with Crippen molar-refractivity contribution in [2.45, 2.75) is 247 Å². The Kier molecular flexibility index (Phi) is 37.0. The van der Waals surface area contributed by atoms with Crippen molar-refractivity contribution >= 4 is 76.7 Å². The molecule has 0 aliphatic carbocycles. The van der Waals surface area contributed by atoms with E-state index in [1.54, 1.807) is 54.5 Å². The van der Waals surface area contributed by atoms with E-state index in [-0.39, 0.29) is 62.0 Å². The summed E-state index contributed by atoms with van der Waals surface area (Å²) in [5, 5.41) is 34.9. The van der Waals surface area contributed by atoms with Crippen LogP contribution < -0.4 is 21.3 Å². The number of amides is 11. The molecule has 6 N–H and O–H groups in total. The minimum Gasteiger partial charge on any atom is -0.390 e. The number of aliphatic hydroxyl groups excluding tert-OH is 1. The van der Waals surface area contributed by atoms with Gasteiger partial charge >= 0.3 is 0 Å². The summed E-state index contributed by atoms with van der Waals surface area (Å²) in [5.41, 5.74) is -1.59. The van der Waals surface area contributed by atoms with Crippen LogP contribution in [0.1, 0.15) is 169 Å². The minimum absolute atomic E-state index is 0.0202. The Bertz CT molecular complexity index is 2670. The van der Waals surface area contributed by atoms with Crippen molar-refractivity contribution in [1.82, 2.24) is 60.5 Å². The second-order valence-corrected chi connectivity index (χ2v) is 31.1. The fourth-order valence-corrected chi connectivity index (χ4v) is 13.6. The summed E-state index contributed by atoms with van der Waals surface area (Å²) in [6, 6.07) is -14.4. The van der Waals surface area contributed by atoms with Crippen molar-refractivity contribution in [3.8, 4) is 0 Å². The quantitative estimate of drug-likeness (QED) is 0.0667. The maximum atomic E-state index is 15.5. The molecule has 98 heavy (non-hydrogen) atoms. The van der Waals surface area contributed by atoms with Crippen LogP contribution in [0.3, 0.4) is 0 Å². The van der Waals surface area contributed by atoms with Crippen LogP contribution in [0.5, 0.6) is 0 Å². The van der Waals surface area contributed by atoms with E-state index in [9.17, 15) is 29.4 Å². The summed E-state index contributed by atoms with van der Waals surface area (Å²) in [4.78, 5) is 176. The fraction of sp³-hybridized carbons (Fsp3) is 0.817. The molecule has 2 saturated heterocycles. The Labute approximate surface area is 590 Å². The number of nitrogens with one attached hydrogen (secondary N) is 4. The van der Waals surface area contributed by atoms with Gasteiger partial charge in [-0.1, -0.05) is 95.2 Å². The van der Waals surface area contributed by atoms with E-state index in [1.165, 1.54) is 113 Å². The standard InChI is InChI=1S/C71H128N12O14S/c1-25-27-29-47(13)59(84)58-63(88)74-50(26-2)65(90)80(22)55(41-98-37-28-32-83-33-35-97-36-34-83)68(93)79(21)54(40-71(16,17)96)62(87)75-56(45(9)10)69(94)76(18)51(31-30-42(3)4)61(86)72-48(14)60(85)73-49(15)64(89)77(19)52(38-43(5)6)66(91)78(20)53(39-44(7)8)67(92)81(23)57(46(11)12)70(95)82(58)24/h25,27,42-59,84,96H,26,28-41H2,1-24H3,(H,72,86)(H,73,85)(H,74,88)(H,75,87)/b27-25+/t47-,48-,49+,50+,51-,52+,53-,54+,55-,56-,57+,58+,59-/m1/s1. The third kappa shape index (κ3) is 25.9. The molecule has 27 heteroatoms. The molecule has 0 saturated carbocycles. The highest BCUT2D eigenvalue weighted by atomic mass is 32.2. The molecule has 2 heterocycles. The van der Waals surface area contributed by atoms with Gasteiger partial charge in [-0.3, -0.25) is 57.6 Å². The predicted octanol–water partition coefficient (Wildman–Crippen LogP) is 3.60. The summed E-state index contributed by atoms with van der Waals surface area (Å²) in [6.45, 7) is 32.7. The van der Waals surface area contributed by atoms with E-state index >= 15 is 33.6 Å². The zero-order chi connectivity index (χ0) is 75.1. The summed E-state index contributed by atoms with van der Waals surface area (Å²) in [6.07, 6.45) is 3.57. The highest BCUT2D eigenvalue weighted by Gasteiger charge is 2.47. The third-order valence-corrected chi connectivity index (χ3v) is 20.0. The number of nitrogens with zero attached hydrogens (tertiary/aromatic N) is 8. The van der Waals surface area contributed by atoms with Crippen LogP contribution >= 0.6 is 11.8 Å². The van der Waals surface area contributed by atoms with E-state index in [4.69, 9.17) is 4.74 Å². The lowest BCUT2D eigenvalue weighted by Crippen LogP contribution is -2.64. The molecule has 0 aromatic rings. The van der Waals surface area contributed by atoms with Crippen LogP contribution in [0.4, 0.5) is 0 Å². The summed E-state index contributed by atoms with van der Waals surface area (Å²) < 4.78 is 5.54. The van der Waals surface area contributed by atoms with Crippen LogP contribution in [-0.2, 0) is 57.5 Å². The first-order chi connectivity index (χ1) is 45.5. The van der Waals surface area contributed by atoms with Crippen molar-refractivity contribution in [3.63, 3.8) is 0 Å². The largest absolute Gasteiger partial charge is 0.390 e. The molecule has 0 radical (unpaired) electrons. The van der Waals surface area contributed by atoms with Gasteiger partial charge in [0.2, 0.25) is 65.0 Å². The SMILES string of the molecule is C/C=C/C[C@@H](C)[C@@H](O)[C@H]1C(=O)N[C@@H](CC)C(=O)N(C)[C@H](CSCCCN2CCOCC2)C(=O)N(C)[C@@H](CC(C)(C)O)C(=O)N[C@H](C(C)C)C(=O)N(C)[C@H](CCC(C)C)C(=O)N[C@H](C)C(=O)N[C@@H](C)C(=O)N(C)[C@@H](CC(C)C)C(=O)N(C)[C@H](CC(C)C)C(=O)N(C)[C@@H](C(C)C)C(=O)N1C. The maximum absolute atomic E-state index is 15.5. The number of rotatable bonds is 22. The van der Waals surface area contributed by atoms with Gasteiger partial charge in [0.1, 0.15) is 66.5 Å². The molecule has 2 rings (SSSR count). The summed E-state index contributed by atoms with van der Waals surface area (Å²) in [5.74, 6) is -9.42. The lowest BCUT2D eigenvalue weighted by molar-refractivity contribution is -0.157. The zero-order valence-electron chi connectivity index (χ0n) is 63.9. The van der Waals surface area contributed by atoms with Gasteiger partial charge < -0.3 is 70.5 Å². The topological polar surface area (TPSA) is 312 Å². The highest BCUT2D eigenvalue weighted by Crippen LogP contribution is 2.27. The smallest absolute Gasteiger partial charge is 0.246 e. The maximum Gasteiger partial charge on any atom is 0.246 e.